The van der Waals surface area contributed by atoms with Crippen LogP contribution in [0.25, 0.3) is 0 Å². The molecule has 1 aliphatic rings. The highest BCUT2D eigenvalue weighted by atomic mass is 16.2. The normalized spacial score (nSPS) is 22.1. The Bertz CT molecular complexity index is 567. The molecule has 2 heterocycles. The number of benzene rings is 1. The molecule has 1 aromatic heterocycles. The fraction of sp³-hybridized carbons (Fsp3) is 0.333. The number of carbonyl (C=O) groups is 1. The van der Waals surface area contributed by atoms with Crippen LogP contribution < -0.4 is 5.73 Å². The summed E-state index contributed by atoms with van der Waals surface area (Å²) < 4.78 is 1.64. The summed E-state index contributed by atoms with van der Waals surface area (Å²) in [4.78, 5) is 14.1. The Hall–Kier alpha value is -2.14. The molecule has 1 saturated heterocycles. The molecule has 0 aliphatic carbocycles. The van der Waals surface area contributed by atoms with E-state index in [0.29, 0.717) is 13.1 Å². The third-order valence-electron chi connectivity index (χ3n) is 3.80. The summed E-state index contributed by atoms with van der Waals surface area (Å²) in [7, 11) is 0. The van der Waals surface area contributed by atoms with E-state index in [-0.39, 0.29) is 24.4 Å². The van der Waals surface area contributed by atoms with E-state index >= 15 is 0 Å². The summed E-state index contributed by atoms with van der Waals surface area (Å²) in [6.45, 7) is 1.58. The molecule has 0 spiro atoms. The highest BCUT2D eigenvalue weighted by Crippen LogP contribution is 2.26. The Morgan fingerprint density at radius 2 is 2.05 bits per heavy atom. The lowest BCUT2D eigenvalue weighted by Gasteiger charge is -2.16. The quantitative estimate of drug-likeness (QED) is 0.898. The number of amides is 1. The van der Waals surface area contributed by atoms with Gasteiger partial charge in [0.1, 0.15) is 6.54 Å². The molecule has 5 heteroatoms. The topological polar surface area (TPSA) is 64.2 Å². The van der Waals surface area contributed by atoms with Crippen molar-refractivity contribution in [2.45, 2.75) is 18.5 Å². The Morgan fingerprint density at radius 3 is 2.75 bits per heavy atom. The molecule has 3 rings (SSSR count). The van der Waals surface area contributed by atoms with Crippen molar-refractivity contribution in [2.75, 3.05) is 13.1 Å². The predicted octanol–water partition coefficient (Wildman–Crippen LogP) is 0.836. The zero-order chi connectivity index (χ0) is 13.9. The minimum atomic E-state index is -0.000952. The van der Waals surface area contributed by atoms with Gasteiger partial charge in [0.2, 0.25) is 5.91 Å². The van der Waals surface area contributed by atoms with Gasteiger partial charge < -0.3 is 10.6 Å². The van der Waals surface area contributed by atoms with Crippen LogP contribution in [0.1, 0.15) is 11.5 Å². The second-order valence-corrected chi connectivity index (χ2v) is 5.18. The van der Waals surface area contributed by atoms with Gasteiger partial charge in [-0.3, -0.25) is 9.48 Å². The van der Waals surface area contributed by atoms with Crippen LogP contribution in [0.15, 0.2) is 48.8 Å². The third-order valence-corrected chi connectivity index (χ3v) is 3.80. The van der Waals surface area contributed by atoms with Crippen molar-refractivity contribution < 1.29 is 4.79 Å². The maximum absolute atomic E-state index is 12.2. The average molecular weight is 270 g/mol. The van der Waals surface area contributed by atoms with Crippen molar-refractivity contribution in [3.05, 3.63) is 54.4 Å². The smallest absolute Gasteiger partial charge is 0.244 e. The Labute approximate surface area is 118 Å². The van der Waals surface area contributed by atoms with Gasteiger partial charge in [0, 0.05) is 37.4 Å². The number of aromatic nitrogens is 2. The first-order valence-electron chi connectivity index (χ1n) is 6.80. The highest BCUT2D eigenvalue weighted by Gasteiger charge is 2.33. The van der Waals surface area contributed by atoms with Gasteiger partial charge in [-0.05, 0) is 11.6 Å². The van der Waals surface area contributed by atoms with Crippen LogP contribution in [-0.2, 0) is 11.3 Å². The number of carbonyl (C=O) groups excluding carboxylic acids is 1. The molecule has 2 N–H and O–H groups in total. The summed E-state index contributed by atoms with van der Waals surface area (Å²) in [6, 6.07) is 12.0. The number of hydrogen-bond donors (Lipinski definition) is 1. The number of nitrogens with zero attached hydrogens (tertiary/aromatic N) is 3. The maximum Gasteiger partial charge on any atom is 0.244 e. The summed E-state index contributed by atoms with van der Waals surface area (Å²) >= 11 is 0. The van der Waals surface area contributed by atoms with Gasteiger partial charge in [-0.2, -0.15) is 5.10 Å². The SMILES string of the molecule is N[C@@H]1CN(C(=O)Cn2cccn2)C[C@H]1c1ccccc1. The maximum atomic E-state index is 12.2. The van der Waals surface area contributed by atoms with Crippen LogP contribution in [0.3, 0.4) is 0 Å². The first kappa shape index (κ1) is 12.9. The first-order valence-corrected chi connectivity index (χ1v) is 6.80. The Morgan fingerprint density at radius 1 is 1.25 bits per heavy atom. The first-order chi connectivity index (χ1) is 9.74. The van der Waals surface area contributed by atoms with Gasteiger partial charge in [-0.25, -0.2) is 0 Å². The molecule has 5 nitrogen and oxygen atoms in total. The van der Waals surface area contributed by atoms with E-state index in [1.54, 1.807) is 17.1 Å². The lowest BCUT2D eigenvalue weighted by molar-refractivity contribution is -0.131. The van der Waals surface area contributed by atoms with Crippen molar-refractivity contribution in [2.24, 2.45) is 5.73 Å². The molecule has 1 aromatic carbocycles. The standard InChI is InChI=1S/C15H18N4O/c16-14-10-18(15(20)11-19-8-4-7-17-19)9-13(14)12-5-2-1-3-6-12/h1-8,13-14H,9-11,16H2/t13-,14+/m0/s1. The lowest BCUT2D eigenvalue weighted by Crippen LogP contribution is -2.34. The van der Waals surface area contributed by atoms with Gasteiger partial charge in [-0.1, -0.05) is 30.3 Å². The number of hydrogen-bond acceptors (Lipinski definition) is 3. The minimum Gasteiger partial charge on any atom is -0.339 e. The summed E-state index contributed by atoms with van der Waals surface area (Å²) in [6.07, 6.45) is 3.47. The van der Waals surface area contributed by atoms with Crippen LogP contribution in [0.5, 0.6) is 0 Å². The lowest BCUT2D eigenvalue weighted by atomic mass is 9.95. The number of likely N-dealkylation sites (tertiary alicyclic amines) is 1. The Kier molecular flexibility index (Phi) is 3.52. The molecule has 0 bridgehead atoms. The second-order valence-electron chi connectivity index (χ2n) is 5.18. The van der Waals surface area contributed by atoms with Gasteiger partial charge in [0.25, 0.3) is 0 Å². The van der Waals surface area contributed by atoms with Gasteiger partial charge in [-0.15, -0.1) is 0 Å². The Balaban J connectivity index is 1.67. The molecule has 1 aliphatic heterocycles. The van der Waals surface area contributed by atoms with Crippen LogP contribution in [0.4, 0.5) is 0 Å². The van der Waals surface area contributed by atoms with E-state index in [9.17, 15) is 4.79 Å². The molecule has 0 radical (unpaired) electrons. The number of nitrogens with two attached hydrogens (primary N) is 1. The third kappa shape index (κ3) is 2.58. The van der Waals surface area contributed by atoms with Crippen LogP contribution in [0, 0.1) is 0 Å². The summed E-state index contributed by atoms with van der Waals surface area (Å²) in [5.41, 5.74) is 7.40. The van der Waals surface area contributed by atoms with Crippen LogP contribution in [0.2, 0.25) is 0 Å². The zero-order valence-corrected chi connectivity index (χ0v) is 11.2. The molecule has 0 saturated carbocycles. The minimum absolute atomic E-state index is 0.000952. The average Bonchev–Trinajstić information content (AvgIpc) is 3.09. The van der Waals surface area contributed by atoms with E-state index < -0.39 is 0 Å². The number of rotatable bonds is 3. The van der Waals surface area contributed by atoms with Crippen molar-refractivity contribution in [3.63, 3.8) is 0 Å². The van der Waals surface area contributed by atoms with E-state index in [1.807, 2.05) is 29.2 Å². The predicted molar refractivity (Wildman–Crippen MR) is 76.0 cm³/mol. The van der Waals surface area contributed by atoms with Crippen molar-refractivity contribution in [3.8, 4) is 0 Å². The van der Waals surface area contributed by atoms with E-state index in [4.69, 9.17) is 5.73 Å². The molecule has 1 amide bonds. The van der Waals surface area contributed by atoms with Crippen LogP contribution >= 0.6 is 0 Å². The van der Waals surface area contributed by atoms with E-state index in [1.165, 1.54) is 5.56 Å². The fourth-order valence-corrected chi connectivity index (χ4v) is 2.72. The second kappa shape index (κ2) is 5.46. The molecule has 0 unspecified atom stereocenters. The van der Waals surface area contributed by atoms with Crippen molar-refractivity contribution in [1.82, 2.24) is 14.7 Å². The summed E-state index contributed by atoms with van der Waals surface area (Å²) in [5, 5.41) is 4.06. The van der Waals surface area contributed by atoms with Gasteiger partial charge >= 0.3 is 0 Å². The largest absolute Gasteiger partial charge is 0.339 e. The van der Waals surface area contributed by atoms with Gasteiger partial charge in [0.05, 0.1) is 0 Å². The summed E-state index contributed by atoms with van der Waals surface area (Å²) in [5.74, 6) is 0.292. The molecule has 1 fully saturated rings. The van der Waals surface area contributed by atoms with E-state index in [0.717, 1.165) is 0 Å². The monoisotopic (exact) mass is 270 g/mol. The van der Waals surface area contributed by atoms with E-state index in [2.05, 4.69) is 17.2 Å². The van der Waals surface area contributed by atoms with Crippen LogP contribution in [-0.4, -0.2) is 39.7 Å². The fourth-order valence-electron chi connectivity index (χ4n) is 2.72. The van der Waals surface area contributed by atoms with Crippen molar-refractivity contribution in [1.29, 1.82) is 0 Å². The molecule has 104 valence electrons. The van der Waals surface area contributed by atoms with Crippen molar-refractivity contribution >= 4 is 5.91 Å². The molecular weight excluding hydrogens is 252 g/mol. The molecule has 20 heavy (non-hydrogen) atoms. The molecule has 2 atom stereocenters. The molecule has 2 aromatic rings. The van der Waals surface area contributed by atoms with Gasteiger partial charge in [0.15, 0.2) is 0 Å². The molecular formula is C15H18N4O. The highest BCUT2D eigenvalue weighted by molar-refractivity contribution is 5.76. The zero-order valence-electron chi connectivity index (χ0n) is 11.2.